The third-order valence-electron chi connectivity index (χ3n) is 7.57. The molecule has 1 aliphatic rings. The molecule has 1 nitrogen and oxygen atoms in total. The smallest absolute Gasteiger partial charge is 0.0565 e. The Labute approximate surface area is 153 Å². The minimum atomic E-state index is -0.184. The van der Waals surface area contributed by atoms with Gasteiger partial charge in [-0.05, 0) is 67.6 Å². The van der Waals surface area contributed by atoms with Crippen molar-refractivity contribution in [3.05, 3.63) is 0 Å². The first-order valence-corrected chi connectivity index (χ1v) is 10.8. The zero-order chi connectivity index (χ0) is 18.4. The van der Waals surface area contributed by atoms with E-state index in [0.717, 1.165) is 24.2 Å². The predicted molar refractivity (Wildman–Crippen MR) is 107 cm³/mol. The van der Waals surface area contributed by atoms with Gasteiger partial charge >= 0.3 is 0 Å². The van der Waals surface area contributed by atoms with Crippen LogP contribution in [0.3, 0.4) is 0 Å². The zero-order valence-corrected chi connectivity index (χ0v) is 17.8. The van der Waals surface area contributed by atoms with Gasteiger partial charge in [-0.2, -0.15) is 0 Å². The Hall–Kier alpha value is -0.0400. The Morgan fingerprint density at radius 2 is 1.79 bits per heavy atom. The van der Waals surface area contributed by atoms with Crippen molar-refractivity contribution in [2.75, 3.05) is 0 Å². The van der Waals surface area contributed by atoms with Crippen molar-refractivity contribution < 1.29 is 5.11 Å². The molecule has 0 saturated heterocycles. The van der Waals surface area contributed by atoms with Gasteiger partial charge in [-0.3, -0.25) is 0 Å². The highest BCUT2D eigenvalue weighted by Crippen LogP contribution is 2.56. The molecule has 1 saturated carbocycles. The van der Waals surface area contributed by atoms with Crippen LogP contribution in [-0.4, -0.2) is 11.2 Å². The van der Waals surface area contributed by atoms with Gasteiger partial charge in [0, 0.05) is 0 Å². The summed E-state index contributed by atoms with van der Waals surface area (Å²) in [5.74, 6) is 2.69. The largest absolute Gasteiger partial charge is 0.393 e. The third kappa shape index (κ3) is 5.75. The summed E-state index contributed by atoms with van der Waals surface area (Å²) < 4.78 is 0. The quantitative estimate of drug-likeness (QED) is 0.372. The van der Waals surface area contributed by atoms with E-state index in [1.165, 1.54) is 57.8 Å². The highest BCUT2D eigenvalue weighted by molar-refractivity contribution is 4.97. The molecule has 24 heavy (non-hydrogen) atoms. The van der Waals surface area contributed by atoms with E-state index in [-0.39, 0.29) is 11.5 Å². The van der Waals surface area contributed by atoms with Gasteiger partial charge in [0.1, 0.15) is 0 Å². The summed E-state index contributed by atoms with van der Waals surface area (Å²) in [5.41, 5.74) is 0.675. The molecule has 0 bridgehead atoms. The summed E-state index contributed by atoms with van der Waals surface area (Å²) in [6.07, 6.45) is 13.1. The highest BCUT2D eigenvalue weighted by atomic mass is 16.3. The normalized spacial score (nSPS) is 30.9. The molecule has 0 heterocycles. The second kappa shape index (κ2) is 9.60. The maximum atomic E-state index is 10.2. The molecule has 0 radical (unpaired) electrons. The van der Waals surface area contributed by atoms with Gasteiger partial charge < -0.3 is 5.11 Å². The van der Waals surface area contributed by atoms with Crippen LogP contribution in [0.1, 0.15) is 113 Å². The Morgan fingerprint density at radius 3 is 2.29 bits per heavy atom. The van der Waals surface area contributed by atoms with Crippen molar-refractivity contribution in [2.45, 2.75) is 119 Å². The van der Waals surface area contributed by atoms with Gasteiger partial charge in [0.15, 0.2) is 0 Å². The molecule has 1 N–H and O–H groups in total. The molecule has 0 aromatic heterocycles. The van der Waals surface area contributed by atoms with Gasteiger partial charge in [-0.15, -0.1) is 0 Å². The van der Waals surface area contributed by atoms with E-state index < -0.39 is 0 Å². The molecule has 0 aromatic rings. The molecule has 1 aliphatic carbocycles. The predicted octanol–water partition coefficient (Wildman–Crippen LogP) is 7.22. The molecule has 144 valence electrons. The molecular weight excluding hydrogens is 292 g/mol. The van der Waals surface area contributed by atoms with Gasteiger partial charge in [0.2, 0.25) is 0 Å². The third-order valence-corrected chi connectivity index (χ3v) is 7.57. The summed E-state index contributed by atoms with van der Waals surface area (Å²) in [6.45, 7) is 16.2. The highest BCUT2D eigenvalue weighted by Gasteiger charge is 2.47. The van der Waals surface area contributed by atoms with Crippen LogP contribution in [-0.2, 0) is 0 Å². The first kappa shape index (κ1) is 22.0. The molecular formula is C23H46O. The average Bonchev–Trinajstić information content (AvgIpc) is 2.50. The van der Waals surface area contributed by atoms with E-state index in [0.29, 0.717) is 5.41 Å². The molecule has 0 spiro atoms. The Morgan fingerprint density at radius 1 is 1.12 bits per heavy atom. The molecule has 0 amide bonds. The van der Waals surface area contributed by atoms with E-state index in [1.54, 1.807) is 0 Å². The lowest BCUT2D eigenvalue weighted by Gasteiger charge is -2.54. The van der Waals surface area contributed by atoms with Crippen LogP contribution in [0.4, 0.5) is 0 Å². The fourth-order valence-corrected chi connectivity index (χ4v) is 5.04. The molecule has 0 aromatic carbocycles. The first-order chi connectivity index (χ1) is 11.2. The van der Waals surface area contributed by atoms with E-state index >= 15 is 0 Å². The first-order valence-electron chi connectivity index (χ1n) is 10.8. The maximum Gasteiger partial charge on any atom is 0.0565 e. The topological polar surface area (TPSA) is 20.2 Å². The summed E-state index contributed by atoms with van der Waals surface area (Å²) in [5, 5.41) is 10.2. The fourth-order valence-electron chi connectivity index (χ4n) is 5.04. The van der Waals surface area contributed by atoms with Crippen LogP contribution in [0.2, 0.25) is 0 Å². The van der Waals surface area contributed by atoms with Gasteiger partial charge in [0.05, 0.1) is 6.10 Å². The van der Waals surface area contributed by atoms with E-state index in [1.807, 2.05) is 6.92 Å². The van der Waals surface area contributed by atoms with Gasteiger partial charge in [0.25, 0.3) is 0 Å². The number of hydrogen-bond donors (Lipinski definition) is 1. The Bertz CT molecular complexity index is 348. The average molecular weight is 339 g/mol. The summed E-state index contributed by atoms with van der Waals surface area (Å²) in [6, 6.07) is 0. The maximum absolute atomic E-state index is 10.2. The van der Waals surface area contributed by atoms with Crippen molar-refractivity contribution in [3.63, 3.8) is 0 Å². The minimum Gasteiger partial charge on any atom is -0.393 e. The number of aliphatic hydroxyl groups excluding tert-OH is 1. The van der Waals surface area contributed by atoms with Crippen LogP contribution in [0, 0.1) is 28.6 Å². The van der Waals surface area contributed by atoms with E-state index in [9.17, 15) is 5.11 Å². The molecule has 1 heteroatoms. The monoisotopic (exact) mass is 338 g/mol. The standard InChI is InChI=1S/C23H46O/c1-8-14-22(6,20(5)24)15-11-16-23(7)19(4)17-21(23)13-10-9-12-18(2)3/h18-21,24H,8-17H2,1-7H3. The van der Waals surface area contributed by atoms with Crippen molar-refractivity contribution in [3.8, 4) is 0 Å². The Kier molecular flexibility index (Phi) is 8.80. The van der Waals surface area contributed by atoms with Crippen molar-refractivity contribution in [2.24, 2.45) is 28.6 Å². The van der Waals surface area contributed by atoms with Crippen LogP contribution in [0.5, 0.6) is 0 Å². The summed E-state index contributed by atoms with van der Waals surface area (Å²) in [4.78, 5) is 0. The van der Waals surface area contributed by atoms with Crippen LogP contribution in [0.25, 0.3) is 0 Å². The van der Waals surface area contributed by atoms with E-state index in [4.69, 9.17) is 0 Å². The molecule has 0 aliphatic heterocycles. The molecule has 1 fully saturated rings. The van der Waals surface area contributed by atoms with Crippen molar-refractivity contribution in [1.29, 1.82) is 0 Å². The SMILES string of the molecule is CCCC(C)(CCCC1(C)C(C)CC1CCCCC(C)C)C(C)O. The zero-order valence-electron chi connectivity index (χ0n) is 17.8. The number of hydrogen-bond acceptors (Lipinski definition) is 1. The minimum absolute atomic E-state index is 0.116. The van der Waals surface area contributed by atoms with Crippen LogP contribution < -0.4 is 0 Å². The number of aliphatic hydroxyl groups is 1. The van der Waals surface area contributed by atoms with Gasteiger partial charge in [-0.1, -0.05) is 73.6 Å². The second-order valence-corrected chi connectivity index (χ2v) is 9.95. The fraction of sp³-hybridized carbons (Fsp3) is 1.00. The van der Waals surface area contributed by atoms with Crippen LogP contribution in [0.15, 0.2) is 0 Å². The van der Waals surface area contributed by atoms with Crippen molar-refractivity contribution >= 4 is 0 Å². The number of unbranched alkanes of at least 4 members (excludes halogenated alkanes) is 1. The second-order valence-electron chi connectivity index (χ2n) is 9.95. The lowest BCUT2D eigenvalue weighted by Crippen LogP contribution is -2.45. The summed E-state index contributed by atoms with van der Waals surface area (Å²) in [7, 11) is 0. The lowest BCUT2D eigenvalue weighted by molar-refractivity contribution is -0.0474. The van der Waals surface area contributed by atoms with Crippen LogP contribution >= 0.6 is 0 Å². The number of rotatable bonds is 12. The van der Waals surface area contributed by atoms with Gasteiger partial charge in [-0.25, -0.2) is 0 Å². The molecule has 5 atom stereocenters. The van der Waals surface area contributed by atoms with Crippen molar-refractivity contribution in [1.82, 2.24) is 0 Å². The molecule has 1 rings (SSSR count). The molecule has 5 unspecified atom stereocenters. The summed E-state index contributed by atoms with van der Waals surface area (Å²) >= 11 is 0. The Balaban J connectivity index is 2.43. The lowest BCUT2D eigenvalue weighted by atomic mass is 9.51. The van der Waals surface area contributed by atoms with E-state index in [2.05, 4.69) is 41.5 Å².